The van der Waals surface area contributed by atoms with Gasteiger partial charge < -0.3 is 9.64 Å². The van der Waals surface area contributed by atoms with Gasteiger partial charge in [0.2, 0.25) is 0 Å². The summed E-state index contributed by atoms with van der Waals surface area (Å²) in [5, 5.41) is -0.194. The molecule has 168 valence electrons. The van der Waals surface area contributed by atoms with Crippen LogP contribution in [0.2, 0.25) is 5.02 Å². The molecule has 1 aliphatic heterocycles. The Balaban J connectivity index is 1.87. The molecule has 0 spiro atoms. The zero-order valence-electron chi connectivity index (χ0n) is 16.6. The Labute approximate surface area is 183 Å². The second-order valence-electron chi connectivity index (χ2n) is 7.29. The Morgan fingerprint density at radius 1 is 1.13 bits per heavy atom. The topological polar surface area (TPSA) is 75.7 Å². The van der Waals surface area contributed by atoms with E-state index in [0.29, 0.717) is 19.2 Å². The number of carbonyl (C=O) groups excluding carboxylic acids is 1. The summed E-state index contributed by atoms with van der Waals surface area (Å²) in [7, 11) is -4.30. The van der Waals surface area contributed by atoms with E-state index < -0.39 is 27.5 Å². The van der Waals surface area contributed by atoms with E-state index in [0.717, 1.165) is 12.1 Å². The van der Waals surface area contributed by atoms with Crippen molar-refractivity contribution in [1.82, 2.24) is 4.90 Å². The van der Waals surface area contributed by atoms with Gasteiger partial charge in [-0.05, 0) is 50.2 Å². The maximum Gasteiger partial charge on any atom is 0.416 e. The highest BCUT2D eigenvalue weighted by Crippen LogP contribution is 2.34. The Morgan fingerprint density at radius 3 is 2.39 bits per heavy atom. The van der Waals surface area contributed by atoms with E-state index in [1.165, 1.54) is 24.3 Å². The molecule has 0 bridgehead atoms. The van der Waals surface area contributed by atoms with Crippen LogP contribution in [0.4, 0.5) is 18.9 Å². The van der Waals surface area contributed by atoms with Crippen LogP contribution in [-0.2, 0) is 20.9 Å². The fraction of sp³-hybridized carbons (Fsp3) is 0.350. The van der Waals surface area contributed by atoms with Crippen molar-refractivity contribution < 1.29 is 31.1 Å². The van der Waals surface area contributed by atoms with Crippen LogP contribution in [0.5, 0.6) is 0 Å². The van der Waals surface area contributed by atoms with E-state index in [4.69, 9.17) is 16.3 Å². The van der Waals surface area contributed by atoms with Gasteiger partial charge in [-0.15, -0.1) is 0 Å². The third-order valence-electron chi connectivity index (χ3n) is 4.64. The first-order chi connectivity index (χ1) is 14.4. The summed E-state index contributed by atoms with van der Waals surface area (Å²) in [5.41, 5.74) is -1.32. The highest BCUT2D eigenvalue weighted by Gasteiger charge is 2.32. The SMILES string of the molecule is C[C@H]1CN(C(=O)c2cccc(S(=O)(=O)Nc3cc(C(F)(F)F)ccc3Cl)c2)C[C@H](C)O1. The van der Waals surface area contributed by atoms with Crippen LogP contribution < -0.4 is 4.72 Å². The van der Waals surface area contributed by atoms with E-state index in [-0.39, 0.29) is 33.6 Å². The molecular formula is C20H20ClF3N2O4S. The zero-order valence-corrected chi connectivity index (χ0v) is 18.2. The van der Waals surface area contributed by atoms with E-state index in [1.54, 1.807) is 4.90 Å². The lowest BCUT2D eigenvalue weighted by molar-refractivity contribution is -0.137. The number of ether oxygens (including phenoxy) is 1. The zero-order chi connectivity index (χ0) is 23.0. The largest absolute Gasteiger partial charge is 0.416 e. The molecule has 1 aliphatic rings. The van der Waals surface area contributed by atoms with E-state index in [2.05, 4.69) is 4.72 Å². The van der Waals surface area contributed by atoms with Gasteiger partial charge in [-0.1, -0.05) is 17.7 Å². The summed E-state index contributed by atoms with van der Waals surface area (Å²) in [6.07, 6.45) is -4.99. The quantitative estimate of drug-likeness (QED) is 0.709. The van der Waals surface area contributed by atoms with E-state index in [9.17, 15) is 26.4 Å². The minimum atomic E-state index is -4.66. The van der Waals surface area contributed by atoms with Gasteiger partial charge in [-0.25, -0.2) is 8.42 Å². The lowest BCUT2D eigenvalue weighted by Crippen LogP contribution is -2.48. The molecule has 0 unspecified atom stereocenters. The van der Waals surface area contributed by atoms with Gasteiger partial charge in [0.05, 0.1) is 33.4 Å². The third kappa shape index (κ3) is 5.50. The average molecular weight is 477 g/mol. The van der Waals surface area contributed by atoms with Crippen LogP contribution in [0.1, 0.15) is 29.8 Å². The van der Waals surface area contributed by atoms with Crippen molar-refractivity contribution in [2.75, 3.05) is 17.8 Å². The van der Waals surface area contributed by atoms with Crippen LogP contribution in [0.25, 0.3) is 0 Å². The van der Waals surface area contributed by atoms with Crippen molar-refractivity contribution in [2.24, 2.45) is 0 Å². The van der Waals surface area contributed by atoms with E-state index >= 15 is 0 Å². The number of rotatable bonds is 4. The molecule has 0 aromatic heterocycles. The Morgan fingerprint density at radius 2 is 1.77 bits per heavy atom. The average Bonchev–Trinajstić information content (AvgIpc) is 2.67. The predicted molar refractivity (Wildman–Crippen MR) is 110 cm³/mol. The highest BCUT2D eigenvalue weighted by molar-refractivity contribution is 7.92. The fourth-order valence-corrected chi connectivity index (χ4v) is 4.64. The molecule has 1 fully saturated rings. The summed E-state index contributed by atoms with van der Waals surface area (Å²) in [6, 6.07) is 7.62. The highest BCUT2D eigenvalue weighted by atomic mass is 35.5. The minimum Gasteiger partial charge on any atom is -0.372 e. The summed E-state index contributed by atoms with van der Waals surface area (Å²) in [6.45, 7) is 4.38. The number of alkyl halides is 3. The second kappa shape index (κ2) is 8.68. The molecule has 1 heterocycles. The first kappa shape index (κ1) is 23.4. The van der Waals surface area contributed by atoms with Crippen LogP contribution in [0.3, 0.4) is 0 Å². The lowest BCUT2D eigenvalue weighted by Gasteiger charge is -2.35. The predicted octanol–water partition coefficient (Wildman–Crippen LogP) is 4.41. The molecule has 1 saturated heterocycles. The van der Waals surface area contributed by atoms with Crippen LogP contribution in [0, 0.1) is 0 Å². The number of halogens is 4. The smallest absolute Gasteiger partial charge is 0.372 e. The molecule has 2 atom stereocenters. The number of sulfonamides is 1. The molecule has 0 saturated carbocycles. The first-order valence-electron chi connectivity index (χ1n) is 9.31. The number of hydrogen-bond acceptors (Lipinski definition) is 4. The lowest BCUT2D eigenvalue weighted by atomic mass is 10.1. The van der Waals surface area contributed by atoms with Crippen molar-refractivity contribution in [2.45, 2.75) is 37.1 Å². The van der Waals surface area contributed by atoms with Crippen LogP contribution in [0.15, 0.2) is 47.4 Å². The summed E-state index contributed by atoms with van der Waals surface area (Å²) < 4.78 is 72.1. The van der Waals surface area contributed by atoms with Gasteiger partial charge in [-0.2, -0.15) is 13.2 Å². The maximum atomic E-state index is 13.0. The van der Waals surface area contributed by atoms with Gasteiger partial charge in [0.1, 0.15) is 0 Å². The molecule has 31 heavy (non-hydrogen) atoms. The van der Waals surface area contributed by atoms with Crippen molar-refractivity contribution in [3.05, 3.63) is 58.6 Å². The number of nitrogens with one attached hydrogen (secondary N) is 1. The Kier molecular flexibility index (Phi) is 6.54. The third-order valence-corrected chi connectivity index (χ3v) is 6.33. The van der Waals surface area contributed by atoms with Gasteiger partial charge in [0.15, 0.2) is 0 Å². The van der Waals surface area contributed by atoms with Gasteiger partial charge in [-0.3, -0.25) is 9.52 Å². The van der Waals surface area contributed by atoms with Gasteiger partial charge in [0.25, 0.3) is 15.9 Å². The summed E-state index contributed by atoms with van der Waals surface area (Å²) in [5.74, 6) is -0.365. The molecule has 6 nitrogen and oxygen atoms in total. The minimum absolute atomic E-state index is 0.138. The molecular weight excluding hydrogens is 457 g/mol. The Hall–Kier alpha value is -2.30. The number of hydrogen-bond donors (Lipinski definition) is 1. The summed E-state index contributed by atoms with van der Waals surface area (Å²) >= 11 is 5.88. The maximum absolute atomic E-state index is 13.0. The Bertz CT molecular complexity index is 1080. The van der Waals surface area contributed by atoms with Crippen molar-refractivity contribution in [3.8, 4) is 0 Å². The van der Waals surface area contributed by atoms with Gasteiger partial charge in [0, 0.05) is 18.7 Å². The summed E-state index contributed by atoms with van der Waals surface area (Å²) in [4.78, 5) is 14.1. The number of anilines is 1. The standard InChI is InChI=1S/C20H20ClF3N2O4S/c1-12-10-26(11-13(2)30-12)19(27)14-4-3-5-16(8-14)31(28,29)25-18-9-15(20(22,23)24)6-7-17(18)21/h3-9,12-13,25H,10-11H2,1-2H3/t12-,13-/m0/s1. The van der Waals surface area contributed by atoms with Crippen molar-refractivity contribution >= 4 is 33.2 Å². The first-order valence-corrected chi connectivity index (χ1v) is 11.2. The molecule has 11 heteroatoms. The number of morpholine rings is 1. The van der Waals surface area contributed by atoms with Crippen molar-refractivity contribution in [1.29, 1.82) is 0 Å². The normalized spacial score (nSPS) is 19.9. The van der Waals surface area contributed by atoms with Crippen molar-refractivity contribution in [3.63, 3.8) is 0 Å². The van der Waals surface area contributed by atoms with Crippen LogP contribution >= 0.6 is 11.6 Å². The fourth-order valence-electron chi connectivity index (χ4n) is 3.31. The van der Waals surface area contributed by atoms with Gasteiger partial charge >= 0.3 is 6.18 Å². The number of carbonyl (C=O) groups is 1. The monoisotopic (exact) mass is 476 g/mol. The molecule has 2 aromatic carbocycles. The number of amides is 1. The molecule has 0 aliphatic carbocycles. The number of nitrogens with zero attached hydrogens (tertiary/aromatic N) is 1. The number of benzene rings is 2. The molecule has 1 amide bonds. The molecule has 1 N–H and O–H groups in total. The molecule has 2 aromatic rings. The van der Waals surface area contributed by atoms with Crippen LogP contribution in [-0.4, -0.2) is 44.5 Å². The second-order valence-corrected chi connectivity index (χ2v) is 9.38. The van der Waals surface area contributed by atoms with E-state index in [1.807, 2.05) is 13.8 Å². The molecule has 3 rings (SSSR count). The molecule has 0 radical (unpaired) electrons.